The molecule has 2 aromatic rings. The standard InChI is InChI=1S/C20H20ClN3O6/c1-2-30-17(25)11-16(12-5-9-15(10-6-12)24(28)29)18(19(22)26)23-20(27)13-3-7-14(21)8-4-13/h3-10,16,18H,2,11H2,1H3,(H2,22,26)(H,23,27)/t16-,18-/m0/s1. The van der Waals surface area contributed by atoms with Crippen LogP contribution in [0, 0.1) is 10.1 Å². The van der Waals surface area contributed by atoms with Crippen molar-refractivity contribution in [2.45, 2.75) is 25.3 Å². The number of rotatable bonds is 9. The molecule has 0 aliphatic heterocycles. The van der Waals surface area contributed by atoms with Gasteiger partial charge in [0.05, 0.1) is 18.0 Å². The van der Waals surface area contributed by atoms with Gasteiger partial charge >= 0.3 is 5.97 Å². The number of esters is 1. The maximum atomic E-state index is 12.6. The summed E-state index contributed by atoms with van der Waals surface area (Å²) >= 11 is 5.82. The minimum Gasteiger partial charge on any atom is -0.466 e. The molecule has 0 spiro atoms. The number of carbonyl (C=O) groups excluding carboxylic acids is 3. The van der Waals surface area contributed by atoms with Gasteiger partial charge in [0.15, 0.2) is 0 Å². The number of hydrogen-bond donors (Lipinski definition) is 2. The lowest BCUT2D eigenvalue weighted by Gasteiger charge is -2.25. The average molecular weight is 434 g/mol. The summed E-state index contributed by atoms with van der Waals surface area (Å²) in [7, 11) is 0. The van der Waals surface area contributed by atoms with Crippen LogP contribution in [0.3, 0.4) is 0 Å². The summed E-state index contributed by atoms with van der Waals surface area (Å²) in [6.07, 6.45) is -0.264. The molecule has 0 heterocycles. The summed E-state index contributed by atoms with van der Waals surface area (Å²) in [6, 6.07) is 10.0. The van der Waals surface area contributed by atoms with Gasteiger partial charge in [0.25, 0.3) is 11.6 Å². The molecule has 2 rings (SSSR count). The van der Waals surface area contributed by atoms with E-state index in [2.05, 4.69) is 5.32 Å². The third-order valence-corrected chi connectivity index (χ3v) is 4.58. The van der Waals surface area contributed by atoms with E-state index in [4.69, 9.17) is 22.1 Å². The number of carbonyl (C=O) groups is 3. The Bertz CT molecular complexity index is 931. The van der Waals surface area contributed by atoms with Gasteiger partial charge in [-0.2, -0.15) is 0 Å². The first-order chi connectivity index (χ1) is 14.2. The highest BCUT2D eigenvalue weighted by Gasteiger charge is 2.32. The molecule has 0 saturated heterocycles. The Balaban J connectivity index is 2.36. The van der Waals surface area contributed by atoms with Crippen molar-refractivity contribution in [3.63, 3.8) is 0 Å². The average Bonchev–Trinajstić information content (AvgIpc) is 2.71. The molecule has 0 fully saturated rings. The maximum Gasteiger partial charge on any atom is 0.306 e. The molecule has 0 aromatic heterocycles. The van der Waals surface area contributed by atoms with E-state index in [-0.39, 0.29) is 24.3 Å². The molecule has 2 amide bonds. The number of ether oxygens (including phenoxy) is 1. The SMILES string of the molecule is CCOC(=O)C[C@@H](c1ccc([N+](=O)[O-])cc1)[C@H](NC(=O)c1ccc(Cl)cc1)C(N)=O. The fraction of sp³-hybridized carbons (Fsp3) is 0.250. The lowest BCUT2D eigenvalue weighted by atomic mass is 9.87. The first kappa shape index (κ1) is 22.8. The van der Waals surface area contributed by atoms with Crippen molar-refractivity contribution in [2.24, 2.45) is 5.73 Å². The van der Waals surface area contributed by atoms with Crippen molar-refractivity contribution < 1.29 is 24.0 Å². The Labute approximate surface area is 177 Å². The van der Waals surface area contributed by atoms with Gasteiger partial charge in [-0.25, -0.2) is 0 Å². The van der Waals surface area contributed by atoms with Crippen LogP contribution in [-0.4, -0.2) is 35.4 Å². The van der Waals surface area contributed by atoms with E-state index >= 15 is 0 Å². The van der Waals surface area contributed by atoms with E-state index in [9.17, 15) is 24.5 Å². The van der Waals surface area contributed by atoms with Crippen LogP contribution < -0.4 is 11.1 Å². The Kier molecular flexibility index (Phi) is 7.88. The lowest BCUT2D eigenvalue weighted by Crippen LogP contribution is -2.48. The Morgan fingerprint density at radius 2 is 1.73 bits per heavy atom. The fourth-order valence-corrected chi connectivity index (χ4v) is 2.99. The third-order valence-electron chi connectivity index (χ3n) is 4.33. The Morgan fingerprint density at radius 3 is 2.23 bits per heavy atom. The number of amides is 2. The van der Waals surface area contributed by atoms with Gasteiger partial charge in [0.1, 0.15) is 6.04 Å². The predicted molar refractivity (Wildman–Crippen MR) is 109 cm³/mol. The van der Waals surface area contributed by atoms with E-state index in [1.54, 1.807) is 6.92 Å². The summed E-state index contributed by atoms with van der Waals surface area (Å²) < 4.78 is 4.96. The molecule has 2 atom stereocenters. The second kappa shape index (κ2) is 10.4. The molecular formula is C20H20ClN3O6. The van der Waals surface area contributed by atoms with Gasteiger partial charge in [0, 0.05) is 28.6 Å². The van der Waals surface area contributed by atoms with Gasteiger partial charge in [-0.15, -0.1) is 0 Å². The monoisotopic (exact) mass is 433 g/mol. The first-order valence-corrected chi connectivity index (χ1v) is 9.36. The van der Waals surface area contributed by atoms with Crippen LogP contribution in [0.5, 0.6) is 0 Å². The van der Waals surface area contributed by atoms with Crippen LogP contribution in [0.2, 0.25) is 5.02 Å². The molecule has 2 aromatic carbocycles. The van der Waals surface area contributed by atoms with Crippen LogP contribution in [-0.2, 0) is 14.3 Å². The number of nitrogens with two attached hydrogens (primary N) is 1. The number of nitro benzene ring substituents is 1. The molecule has 10 heteroatoms. The number of hydrogen-bond acceptors (Lipinski definition) is 6. The number of nitrogens with zero attached hydrogens (tertiary/aromatic N) is 1. The lowest BCUT2D eigenvalue weighted by molar-refractivity contribution is -0.384. The van der Waals surface area contributed by atoms with Crippen LogP contribution in [0.1, 0.15) is 35.2 Å². The summed E-state index contributed by atoms with van der Waals surface area (Å²) in [5.41, 5.74) is 6.01. The highest BCUT2D eigenvalue weighted by atomic mass is 35.5. The second-order valence-corrected chi connectivity index (χ2v) is 6.76. The van der Waals surface area contributed by atoms with Crippen molar-refractivity contribution in [2.75, 3.05) is 6.61 Å². The molecule has 9 nitrogen and oxygen atoms in total. The quantitative estimate of drug-likeness (QED) is 0.353. The Hall–Kier alpha value is -3.46. The normalized spacial score (nSPS) is 12.5. The third kappa shape index (κ3) is 6.02. The summed E-state index contributed by atoms with van der Waals surface area (Å²) in [5.74, 6) is -2.96. The molecule has 0 bridgehead atoms. The Morgan fingerprint density at radius 1 is 1.13 bits per heavy atom. The molecule has 3 N–H and O–H groups in total. The van der Waals surface area contributed by atoms with Crippen molar-refractivity contribution in [1.82, 2.24) is 5.32 Å². The highest BCUT2D eigenvalue weighted by Crippen LogP contribution is 2.27. The van der Waals surface area contributed by atoms with E-state index in [1.165, 1.54) is 48.5 Å². The summed E-state index contributed by atoms with van der Waals surface area (Å²) in [5, 5.41) is 13.9. The van der Waals surface area contributed by atoms with Crippen molar-refractivity contribution in [1.29, 1.82) is 0 Å². The van der Waals surface area contributed by atoms with Gasteiger partial charge in [-0.1, -0.05) is 23.7 Å². The molecule has 0 aliphatic rings. The van der Waals surface area contributed by atoms with E-state index in [1.807, 2.05) is 0 Å². The molecule has 158 valence electrons. The van der Waals surface area contributed by atoms with Gasteiger partial charge in [-0.3, -0.25) is 24.5 Å². The molecule has 0 saturated carbocycles. The van der Waals surface area contributed by atoms with Crippen LogP contribution in [0.15, 0.2) is 48.5 Å². The number of non-ortho nitro benzene ring substituents is 1. The van der Waals surface area contributed by atoms with Gasteiger partial charge in [0.2, 0.25) is 5.91 Å². The largest absolute Gasteiger partial charge is 0.466 e. The fourth-order valence-electron chi connectivity index (χ4n) is 2.87. The second-order valence-electron chi connectivity index (χ2n) is 6.32. The number of nitrogens with one attached hydrogen (secondary N) is 1. The molecule has 30 heavy (non-hydrogen) atoms. The minimum atomic E-state index is -1.26. The molecule has 0 unspecified atom stereocenters. The molecule has 0 radical (unpaired) electrons. The number of primary amides is 1. The van der Waals surface area contributed by atoms with Crippen molar-refractivity contribution in [3.8, 4) is 0 Å². The van der Waals surface area contributed by atoms with E-state index < -0.39 is 34.7 Å². The summed E-state index contributed by atoms with van der Waals surface area (Å²) in [4.78, 5) is 47.2. The van der Waals surface area contributed by atoms with E-state index in [0.717, 1.165) is 0 Å². The predicted octanol–water partition coefficient (Wildman–Crippen LogP) is 2.57. The van der Waals surface area contributed by atoms with Gasteiger partial charge < -0.3 is 15.8 Å². The minimum absolute atomic E-state index is 0.129. The smallest absolute Gasteiger partial charge is 0.306 e. The number of benzene rings is 2. The topological polar surface area (TPSA) is 142 Å². The zero-order chi connectivity index (χ0) is 22.3. The van der Waals surface area contributed by atoms with Crippen LogP contribution in [0.4, 0.5) is 5.69 Å². The highest BCUT2D eigenvalue weighted by molar-refractivity contribution is 6.30. The zero-order valence-electron chi connectivity index (χ0n) is 16.0. The van der Waals surface area contributed by atoms with Crippen molar-refractivity contribution >= 4 is 35.1 Å². The maximum absolute atomic E-state index is 12.6. The first-order valence-electron chi connectivity index (χ1n) is 8.98. The number of halogens is 1. The van der Waals surface area contributed by atoms with Crippen molar-refractivity contribution in [3.05, 3.63) is 74.8 Å². The number of nitro groups is 1. The molecular weight excluding hydrogens is 414 g/mol. The summed E-state index contributed by atoms with van der Waals surface area (Å²) in [6.45, 7) is 1.76. The molecule has 0 aliphatic carbocycles. The zero-order valence-corrected chi connectivity index (χ0v) is 16.8. The van der Waals surface area contributed by atoms with Gasteiger partial charge in [-0.05, 0) is 36.8 Å². The van der Waals surface area contributed by atoms with Crippen LogP contribution >= 0.6 is 11.6 Å². The van der Waals surface area contributed by atoms with Crippen LogP contribution in [0.25, 0.3) is 0 Å². The van der Waals surface area contributed by atoms with E-state index in [0.29, 0.717) is 10.6 Å².